The van der Waals surface area contributed by atoms with E-state index in [-0.39, 0.29) is 24.5 Å². The molecule has 38 heavy (non-hydrogen) atoms. The van der Waals surface area contributed by atoms with Crippen LogP contribution >= 0.6 is 0 Å². The molecule has 2 aromatic carbocycles. The van der Waals surface area contributed by atoms with Gasteiger partial charge in [0, 0.05) is 31.2 Å². The van der Waals surface area contributed by atoms with Crippen molar-refractivity contribution in [3.8, 4) is 0 Å². The summed E-state index contributed by atoms with van der Waals surface area (Å²) in [6.07, 6.45) is 7.20. The minimum atomic E-state index is -3.68. The van der Waals surface area contributed by atoms with Gasteiger partial charge in [-0.2, -0.15) is 4.31 Å². The number of likely N-dealkylation sites (N-methyl/N-ethyl adjacent to an activating group) is 1. The Morgan fingerprint density at radius 3 is 2.37 bits per heavy atom. The van der Waals surface area contributed by atoms with Gasteiger partial charge in [-0.1, -0.05) is 42.5 Å². The first kappa shape index (κ1) is 26.5. The summed E-state index contributed by atoms with van der Waals surface area (Å²) < 4.78 is 46.2. The zero-order valence-corrected chi connectivity index (χ0v) is 22.6. The van der Waals surface area contributed by atoms with E-state index in [4.69, 9.17) is 0 Å². The average molecular weight is 540 g/mol. The van der Waals surface area contributed by atoms with Crippen molar-refractivity contribution in [2.75, 3.05) is 7.05 Å². The molecular weight excluding hydrogens is 505 g/mol. The Kier molecular flexibility index (Phi) is 7.37. The minimum Gasteiger partial charge on any atom is -0.358 e. The molecule has 0 radical (unpaired) electrons. The number of aromatic nitrogens is 3. The molecule has 1 N–H and O–H groups in total. The summed E-state index contributed by atoms with van der Waals surface area (Å²) in [5.41, 5.74) is 0.844. The van der Waals surface area contributed by atoms with Crippen LogP contribution in [0, 0.1) is 5.82 Å². The van der Waals surface area contributed by atoms with Gasteiger partial charge in [-0.05, 0) is 62.6 Å². The zero-order chi connectivity index (χ0) is 26.9. The van der Waals surface area contributed by atoms with E-state index in [0.717, 1.165) is 18.4 Å². The van der Waals surface area contributed by atoms with Gasteiger partial charge in [-0.25, -0.2) is 12.8 Å². The van der Waals surface area contributed by atoms with Gasteiger partial charge in [0.15, 0.2) is 0 Å². The third-order valence-electron chi connectivity index (χ3n) is 8.46. The number of carbonyl (C=O) groups excluding carboxylic acids is 1. The summed E-state index contributed by atoms with van der Waals surface area (Å²) in [4.78, 5) is 13.1. The number of carbonyl (C=O) groups is 1. The number of hydrogen-bond donors (Lipinski definition) is 1. The molecule has 0 unspecified atom stereocenters. The molecule has 2 heterocycles. The van der Waals surface area contributed by atoms with Crippen molar-refractivity contribution in [3.05, 3.63) is 83.7 Å². The van der Waals surface area contributed by atoms with E-state index in [9.17, 15) is 13.2 Å². The van der Waals surface area contributed by atoms with E-state index < -0.39 is 26.5 Å². The van der Waals surface area contributed by atoms with E-state index >= 15 is 4.39 Å². The van der Waals surface area contributed by atoms with Gasteiger partial charge in [-0.15, -0.1) is 10.2 Å². The SMILES string of the molecule is CNC(=O)C1(c2ccc(CN3[C@@H](C)CC[C@H](c4ccccc4)S3(=O)=O)c(F)c2)CCC(n2cnnc2)CC1. The van der Waals surface area contributed by atoms with Gasteiger partial charge in [-0.3, -0.25) is 4.79 Å². The number of nitrogens with zero attached hydrogens (tertiary/aromatic N) is 4. The Hall–Kier alpha value is -3.11. The molecule has 5 rings (SSSR count). The molecule has 1 aliphatic heterocycles. The molecular formula is C28H34FN5O3S. The monoisotopic (exact) mass is 539 g/mol. The quantitative estimate of drug-likeness (QED) is 0.505. The lowest BCUT2D eigenvalue weighted by molar-refractivity contribution is -0.127. The maximum absolute atomic E-state index is 15.6. The van der Waals surface area contributed by atoms with Crippen LogP contribution in [0.2, 0.25) is 0 Å². The second-order valence-electron chi connectivity index (χ2n) is 10.5. The topological polar surface area (TPSA) is 97.2 Å². The number of rotatable bonds is 6. The fraction of sp³-hybridized carbons (Fsp3) is 0.464. The number of benzene rings is 2. The summed E-state index contributed by atoms with van der Waals surface area (Å²) >= 11 is 0. The maximum Gasteiger partial charge on any atom is 0.230 e. The number of halogens is 1. The summed E-state index contributed by atoms with van der Waals surface area (Å²) in [5.74, 6) is -0.624. The van der Waals surface area contributed by atoms with Crippen molar-refractivity contribution >= 4 is 15.9 Å². The fourth-order valence-corrected chi connectivity index (χ4v) is 8.36. The van der Waals surface area contributed by atoms with Crippen molar-refractivity contribution in [1.29, 1.82) is 0 Å². The van der Waals surface area contributed by atoms with E-state index in [1.165, 1.54) is 10.4 Å². The predicted molar refractivity (Wildman–Crippen MR) is 142 cm³/mol. The van der Waals surface area contributed by atoms with E-state index in [1.807, 2.05) is 41.8 Å². The van der Waals surface area contributed by atoms with Crippen LogP contribution in [0.25, 0.3) is 0 Å². The van der Waals surface area contributed by atoms with Gasteiger partial charge < -0.3 is 9.88 Å². The molecule has 1 amide bonds. The predicted octanol–water partition coefficient (Wildman–Crippen LogP) is 4.27. The largest absolute Gasteiger partial charge is 0.358 e. The number of nitrogens with one attached hydrogen (secondary N) is 1. The summed E-state index contributed by atoms with van der Waals surface area (Å²) in [5, 5.41) is 9.91. The molecule has 2 fully saturated rings. The van der Waals surface area contributed by atoms with E-state index in [1.54, 1.807) is 31.8 Å². The lowest BCUT2D eigenvalue weighted by atomic mass is 9.67. The van der Waals surface area contributed by atoms with Gasteiger partial charge in [0.2, 0.25) is 15.9 Å². The Morgan fingerprint density at radius 1 is 1.05 bits per heavy atom. The Balaban J connectivity index is 1.39. The van der Waals surface area contributed by atoms with E-state index in [2.05, 4.69) is 15.5 Å². The molecule has 8 nitrogen and oxygen atoms in total. The van der Waals surface area contributed by atoms with Crippen LogP contribution in [0.5, 0.6) is 0 Å². The van der Waals surface area contributed by atoms with Crippen molar-refractivity contribution in [2.45, 2.75) is 74.7 Å². The smallest absolute Gasteiger partial charge is 0.230 e. The molecule has 1 saturated carbocycles. The molecule has 1 aromatic heterocycles. The maximum atomic E-state index is 15.6. The molecule has 3 aromatic rings. The van der Waals surface area contributed by atoms with Crippen molar-refractivity contribution in [2.24, 2.45) is 0 Å². The first-order chi connectivity index (χ1) is 18.3. The van der Waals surface area contributed by atoms with Crippen molar-refractivity contribution < 1.29 is 17.6 Å². The zero-order valence-electron chi connectivity index (χ0n) is 21.8. The Morgan fingerprint density at radius 2 is 1.74 bits per heavy atom. The highest BCUT2D eigenvalue weighted by Crippen LogP contribution is 2.44. The number of hydrogen-bond acceptors (Lipinski definition) is 5. The van der Waals surface area contributed by atoms with Crippen LogP contribution in [0.4, 0.5) is 4.39 Å². The molecule has 0 spiro atoms. The molecule has 0 bridgehead atoms. The van der Waals surface area contributed by atoms with Gasteiger partial charge in [0.05, 0.1) is 5.41 Å². The van der Waals surface area contributed by atoms with Crippen LogP contribution in [-0.2, 0) is 26.8 Å². The second kappa shape index (κ2) is 10.6. The molecule has 202 valence electrons. The number of sulfonamides is 1. The normalized spacial score (nSPS) is 27.6. The molecule has 2 aliphatic rings. The summed E-state index contributed by atoms with van der Waals surface area (Å²) in [7, 11) is -2.08. The van der Waals surface area contributed by atoms with Crippen molar-refractivity contribution in [3.63, 3.8) is 0 Å². The molecule has 1 saturated heterocycles. The lowest BCUT2D eigenvalue weighted by Gasteiger charge is -2.39. The minimum absolute atomic E-state index is 0.0401. The summed E-state index contributed by atoms with van der Waals surface area (Å²) in [6, 6.07) is 14.0. The third kappa shape index (κ3) is 4.75. The third-order valence-corrected chi connectivity index (χ3v) is 10.8. The van der Waals surface area contributed by atoms with Gasteiger partial charge >= 0.3 is 0 Å². The Labute approximate surface area is 223 Å². The standard InChI is InChI=1S/C28H34FN5O3S/c1-20-8-11-26(21-6-4-3-5-7-21)38(36,37)34(20)17-22-9-10-23(16-25(22)29)28(27(35)30-2)14-12-24(13-15-28)33-18-31-32-19-33/h3-7,9-10,16,18-20,24,26H,8,11-15,17H2,1-2H3,(H,30,35)/t20-,24?,26+,28?/m0/s1. The van der Waals surface area contributed by atoms with Crippen molar-refractivity contribution in [1.82, 2.24) is 24.4 Å². The van der Waals surface area contributed by atoms with E-state index in [0.29, 0.717) is 36.8 Å². The first-order valence-corrected chi connectivity index (χ1v) is 14.7. The fourth-order valence-electron chi connectivity index (χ4n) is 6.17. The highest BCUT2D eigenvalue weighted by atomic mass is 32.2. The van der Waals surface area contributed by atoms with Crippen LogP contribution in [0.3, 0.4) is 0 Å². The molecule has 2 atom stereocenters. The Bertz CT molecular complexity index is 1370. The molecule has 1 aliphatic carbocycles. The van der Waals surface area contributed by atoms with Crippen LogP contribution in [-0.4, -0.2) is 46.5 Å². The second-order valence-corrected chi connectivity index (χ2v) is 12.6. The number of amides is 1. The summed E-state index contributed by atoms with van der Waals surface area (Å²) in [6.45, 7) is 1.83. The first-order valence-electron chi connectivity index (χ1n) is 13.2. The highest BCUT2D eigenvalue weighted by molar-refractivity contribution is 7.89. The van der Waals surface area contributed by atoms with Gasteiger partial charge in [0.25, 0.3) is 0 Å². The van der Waals surface area contributed by atoms with Gasteiger partial charge in [0.1, 0.15) is 23.7 Å². The van der Waals surface area contributed by atoms with Crippen LogP contribution in [0.15, 0.2) is 61.2 Å². The average Bonchev–Trinajstić information content (AvgIpc) is 3.47. The van der Waals surface area contributed by atoms with Crippen LogP contribution in [0.1, 0.15) is 73.4 Å². The van der Waals surface area contributed by atoms with Crippen LogP contribution < -0.4 is 5.32 Å². The highest BCUT2D eigenvalue weighted by Gasteiger charge is 2.44. The lowest BCUT2D eigenvalue weighted by Crippen LogP contribution is -2.46. The molecule has 10 heteroatoms.